The summed E-state index contributed by atoms with van der Waals surface area (Å²) < 4.78 is 1.57. The number of para-hydroxylation sites is 1. The molecule has 3 rings (SSSR count). The second-order valence-corrected chi connectivity index (χ2v) is 5.30. The highest BCUT2D eigenvalue weighted by Gasteiger charge is 2.23. The van der Waals surface area contributed by atoms with Crippen LogP contribution in [0.4, 0.5) is 16.4 Å². The highest BCUT2D eigenvalue weighted by molar-refractivity contribution is 6.31. The Kier molecular flexibility index (Phi) is 3.99. The third kappa shape index (κ3) is 3.02. The molecule has 6 nitrogen and oxygen atoms in total. The molecule has 0 aliphatic heterocycles. The number of primary amides is 1. The monoisotopic (exact) mass is 327 g/mol. The first-order chi connectivity index (χ1) is 11.1. The molecule has 1 aromatic heterocycles. The first kappa shape index (κ1) is 15.1. The van der Waals surface area contributed by atoms with Crippen molar-refractivity contribution in [2.45, 2.75) is 6.92 Å². The topological polar surface area (TPSA) is 77.0 Å². The third-order valence-corrected chi connectivity index (χ3v) is 3.42. The van der Waals surface area contributed by atoms with Gasteiger partial charge in [-0.05, 0) is 37.3 Å². The number of carbonyl (C=O) groups excluding carboxylic acids is 1. The lowest BCUT2D eigenvalue weighted by Gasteiger charge is -2.20. The summed E-state index contributed by atoms with van der Waals surface area (Å²) in [6.45, 7) is 1.75. The number of aromatic nitrogens is 3. The number of benzene rings is 2. The maximum Gasteiger partial charge on any atom is 0.326 e. The third-order valence-electron chi connectivity index (χ3n) is 3.18. The summed E-state index contributed by atoms with van der Waals surface area (Å²) in [5.41, 5.74) is 6.87. The molecule has 0 saturated heterocycles. The van der Waals surface area contributed by atoms with Crippen molar-refractivity contribution in [3.05, 3.63) is 65.4 Å². The van der Waals surface area contributed by atoms with Crippen LogP contribution in [0.2, 0.25) is 5.02 Å². The molecular formula is C16H14ClN5O. The van der Waals surface area contributed by atoms with E-state index in [-0.39, 0.29) is 0 Å². The van der Waals surface area contributed by atoms with E-state index in [4.69, 9.17) is 17.3 Å². The van der Waals surface area contributed by atoms with Crippen LogP contribution >= 0.6 is 11.6 Å². The van der Waals surface area contributed by atoms with E-state index in [0.717, 1.165) is 5.69 Å². The van der Waals surface area contributed by atoms with Gasteiger partial charge in [0, 0.05) is 5.02 Å². The van der Waals surface area contributed by atoms with E-state index < -0.39 is 6.03 Å². The Morgan fingerprint density at radius 1 is 1.17 bits per heavy atom. The van der Waals surface area contributed by atoms with E-state index >= 15 is 0 Å². The number of halogens is 1. The van der Waals surface area contributed by atoms with E-state index in [1.807, 2.05) is 30.3 Å². The van der Waals surface area contributed by atoms with Crippen LogP contribution in [0.25, 0.3) is 5.69 Å². The average molecular weight is 328 g/mol. The van der Waals surface area contributed by atoms with Crippen LogP contribution in [0.3, 0.4) is 0 Å². The summed E-state index contributed by atoms with van der Waals surface area (Å²) in [7, 11) is 0. The van der Waals surface area contributed by atoms with Crippen molar-refractivity contribution in [1.82, 2.24) is 14.8 Å². The van der Waals surface area contributed by atoms with E-state index in [9.17, 15) is 4.79 Å². The van der Waals surface area contributed by atoms with Crippen molar-refractivity contribution in [2.24, 2.45) is 5.73 Å². The summed E-state index contributed by atoms with van der Waals surface area (Å²) in [6.07, 6.45) is 0. The zero-order valence-corrected chi connectivity index (χ0v) is 13.1. The number of anilines is 2. The molecule has 2 aromatic carbocycles. The SMILES string of the molecule is Cc1nc(N(C(N)=O)c2cccc(Cl)c2)n(-c2ccccc2)n1. The lowest BCUT2D eigenvalue weighted by molar-refractivity contribution is 0.255. The molecule has 7 heteroatoms. The molecule has 0 unspecified atom stereocenters. The van der Waals surface area contributed by atoms with E-state index in [1.54, 1.807) is 35.9 Å². The molecule has 2 N–H and O–H groups in total. The minimum atomic E-state index is -0.670. The van der Waals surface area contributed by atoms with Gasteiger partial charge in [-0.2, -0.15) is 9.67 Å². The van der Waals surface area contributed by atoms with Gasteiger partial charge in [-0.1, -0.05) is 35.9 Å². The Balaban J connectivity index is 2.17. The molecule has 0 radical (unpaired) electrons. The molecule has 0 fully saturated rings. The van der Waals surface area contributed by atoms with Gasteiger partial charge in [0.2, 0.25) is 5.95 Å². The number of hydrogen-bond donors (Lipinski definition) is 1. The van der Waals surface area contributed by atoms with E-state index in [0.29, 0.717) is 22.5 Å². The van der Waals surface area contributed by atoms with Gasteiger partial charge in [0.1, 0.15) is 5.82 Å². The maximum absolute atomic E-state index is 12.0. The van der Waals surface area contributed by atoms with Crippen LogP contribution < -0.4 is 10.6 Å². The molecule has 2 amide bonds. The normalized spacial score (nSPS) is 10.5. The number of nitrogens with two attached hydrogens (primary N) is 1. The number of urea groups is 1. The summed E-state index contributed by atoms with van der Waals surface area (Å²) in [6, 6.07) is 15.6. The summed E-state index contributed by atoms with van der Waals surface area (Å²) in [4.78, 5) is 17.7. The number of hydrogen-bond acceptors (Lipinski definition) is 3. The largest absolute Gasteiger partial charge is 0.351 e. The maximum atomic E-state index is 12.0. The van der Waals surface area contributed by atoms with Gasteiger partial charge in [0.05, 0.1) is 11.4 Å². The highest BCUT2D eigenvalue weighted by Crippen LogP contribution is 2.27. The fourth-order valence-corrected chi connectivity index (χ4v) is 2.43. The Hall–Kier alpha value is -2.86. The standard InChI is InChI=1S/C16H14ClN5O/c1-11-19-16(22(20-11)13-7-3-2-4-8-13)21(15(18)23)14-9-5-6-12(17)10-14/h2-10H,1H3,(H2,18,23). The minimum absolute atomic E-state index is 0.309. The van der Waals surface area contributed by atoms with E-state index in [1.165, 1.54) is 4.90 Å². The van der Waals surface area contributed by atoms with Crippen molar-refractivity contribution >= 4 is 29.3 Å². The van der Waals surface area contributed by atoms with Crippen molar-refractivity contribution in [2.75, 3.05) is 4.90 Å². The molecule has 0 bridgehead atoms. The molecule has 0 aliphatic rings. The lowest BCUT2D eigenvalue weighted by Crippen LogP contribution is -2.33. The highest BCUT2D eigenvalue weighted by atomic mass is 35.5. The second kappa shape index (κ2) is 6.10. The van der Waals surface area contributed by atoms with Crippen LogP contribution in [0.5, 0.6) is 0 Å². The van der Waals surface area contributed by atoms with Gasteiger partial charge in [-0.25, -0.2) is 9.69 Å². The first-order valence-corrected chi connectivity index (χ1v) is 7.28. The number of amides is 2. The molecule has 1 heterocycles. The fraction of sp³-hybridized carbons (Fsp3) is 0.0625. The minimum Gasteiger partial charge on any atom is -0.351 e. The Labute approximate surface area is 138 Å². The van der Waals surface area contributed by atoms with Crippen LogP contribution in [0, 0.1) is 6.92 Å². The number of rotatable bonds is 3. The number of nitrogens with zero attached hydrogens (tertiary/aromatic N) is 4. The number of aryl methyl sites for hydroxylation is 1. The molecule has 0 saturated carbocycles. The lowest BCUT2D eigenvalue weighted by atomic mass is 10.3. The summed E-state index contributed by atoms with van der Waals surface area (Å²) in [5.74, 6) is 0.834. The summed E-state index contributed by atoms with van der Waals surface area (Å²) >= 11 is 6.02. The second-order valence-electron chi connectivity index (χ2n) is 4.86. The molecular weight excluding hydrogens is 314 g/mol. The van der Waals surface area contributed by atoms with Crippen LogP contribution in [0.15, 0.2) is 54.6 Å². The van der Waals surface area contributed by atoms with Crippen LogP contribution in [-0.2, 0) is 0 Å². The van der Waals surface area contributed by atoms with Crippen molar-refractivity contribution < 1.29 is 4.79 Å². The van der Waals surface area contributed by atoms with Crippen LogP contribution in [0.1, 0.15) is 5.82 Å². The zero-order valence-electron chi connectivity index (χ0n) is 12.3. The van der Waals surface area contributed by atoms with Crippen LogP contribution in [-0.4, -0.2) is 20.8 Å². The van der Waals surface area contributed by atoms with E-state index in [2.05, 4.69) is 10.1 Å². The average Bonchev–Trinajstić information content (AvgIpc) is 2.89. The van der Waals surface area contributed by atoms with Crippen molar-refractivity contribution in [3.63, 3.8) is 0 Å². The predicted octanol–water partition coefficient (Wildman–Crippen LogP) is 3.45. The fourth-order valence-electron chi connectivity index (χ4n) is 2.25. The van der Waals surface area contributed by atoms with Gasteiger partial charge in [0.15, 0.2) is 0 Å². The van der Waals surface area contributed by atoms with Gasteiger partial charge < -0.3 is 5.73 Å². The Morgan fingerprint density at radius 2 is 1.91 bits per heavy atom. The van der Waals surface area contributed by atoms with Gasteiger partial charge >= 0.3 is 6.03 Å². The molecule has 0 aliphatic carbocycles. The number of carbonyl (C=O) groups is 1. The molecule has 0 spiro atoms. The molecule has 3 aromatic rings. The molecule has 116 valence electrons. The smallest absolute Gasteiger partial charge is 0.326 e. The zero-order chi connectivity index (χ0) is 16.4. The Bertz CT molecular complexity index is 847. The van der Waals surface area contributed by atoms with Crippen molar-refractivity contribution in [1.29, 1.82) is 0 Å². The predicted molar refractivity (Wildman–Crippen MR) is 89.3 cm³/mol. The van der Waals surface area contributed by atoms with Gasteiger partial charge in [-0.3, -0.25) is 0 Å². The Morgan fingerprint density at radius 3 is 2.57 bits per heavy atom. The molecule has 23 heavy (non-hydrogen) atoms. The summed E-state index contributed by atoms with van der Waals surface area (Å²) in [5, 5.41) is 4.85. The molecule has 0 atom stereocenters. The van der Waals surface area contributed by atoms with Gasteiger partial charge in [-0.15, -0.1) is 5.10 Å². The first-order valence-electron chi connectivity index (χ1n) is 6.90. The van der Waals surface area contributed by atoms with Gasteiger partial charge in [0.25, 0.3) is 0 Å². The quantitative estimate of drug-likeness (QED) is 0.800. The van der Waals surface area contributed by atoms with Crippen molar-refractivity contribution in [3.8, 4) is 5.69 Å².